The molecule has 1 fully saturated rings. The van der Waals surface area contributed by atoms with Crippen LogP contribution in [0.3, 0.4) is 0 Å². The number of nitrogens with zero attached hydrogens (tertiary/aromatic N) is 1. The Morgan fingerprint density at radius 3 is 2.82 bits per heavy atom. The van der Waals surface area contributed by atoms with Crippen LogP contribution in [0.25, 0.3) is 0 Å². The average Bonchev–Trinajstić information content (AvgIpc) is 2.30. The van der Waals surface area contributed by atoms with Gasteiger partial charge in [-0.2, -0.15) is 0 Å². The molecule has 0 unspecified atom stereocenters. The van der Waals surface area contributed by atoms with Crippen molar-refractivity contribution in [3.63, 3.8) is 0 Å². The molecule has 0 bridgehead atoms. The zero-order chi connectivity index (χ0) is 8.43. The molecule has 1 aliphatic heterocycles. The minimum absolute atomic E-state index is 0.267. The number of halogens is 1. The van der Waals surface area contributed by atoms with Crippen molar-refractivity contribution in [2.24, 2.45) is 5.73 Å². The van der Waals surface area contributed by atoms with Crippen LogP contribution in [0.1, 0.15) is 13.3 Å². The third-order valence-electron chi connectivity index (χ3n) is 2.09. The molecule has 1 saturated heterocycles. The number of hydrogen-bond acceptors (Lipinski definition) is 2. The van der Waals surface area contributed by atoms with Gasteiger partial charge in [0.25, 0.3) is 0 Å². The summed E-state index contributed by atoms with van der Waals surface area (Å²) >= 11 is 0. The summed E-state index contributed by atoms with van der Waals surface area (Å²) in [6.45, 7) is 2.94. The van der Waals surface area contributed by atoms with Crippen molar-refractivity contribution in [1.29, 1.82) is 0 Å². The van der Waals surface area contributed by atoms with Gasteiger partial charge >= 0.3 is 0 Å². The molecule has 1 heterocycles. The number of likely N-dealkylation sites (N-methyl/N-ethyl adjacent to an activating group) is 1. The second kappa shape index (κ2) is 3.17. The van der Waals surface area contributed by atoms with E-state index in [0.29, 0.717) is 13.1 Å². The van der Waals surface area contributed by atoms with E-state index in [1.165, 1.54) is 0 Å². The zero-order valence-corrected chi connectivity index (χ0v) is 6.59. The van der Waals surface area contributed by atoms with E-state index < -0.39 is 12.1 Å². The van der Waals surface area contributed by atoms with Crippen molar-refractivity contribution in [2.45, 2.75) is 25.6 Å². The number of nitrogens with two attached hydrogens (primary N) is 1. The maximum Gasteiger partial charge on any atom is 0.234 e. The predicted molar refractivity (Wildman–Crippen MR) is 39.7 cm³/mol. The van der Waals surface area contributed by atoms with Gasteiger partial charge in [0.1, 0.15) is 6.17 Å². The molecule has 64 valence electrons. The number of alkyl halides is 1. The molecule has 3 nitrogen and oxygen atoms in total. The second-order valence-corrected chi connectivity index (χ2v) is 2.84. The predicted octanol–water partition coefficient (Wildman–Crippen LogP) is -0.0960. The molecule has 1 rings (SSSR count). The van der Waals surface area contributed by atoms with Gasteiger partial charge in [-0.05, 0) is 6.54 Å². The fourth-order valence-electron chi connectivity index (χ4n) is 1.49. The van der Waals surface area contributed by atoms with Crippen molar-refractivity contribution >= 4 is 5.91 Å². The third kappa shape index (κ3) is 1.68. The van der Waals surface area contributed by atoms with Crippen molar-refractivity contribution in [1.82, 2.24) is 4.90 Å². The summed E-state index contributed by atoms with van der Waals surface area (Å²) in [5.41, 5.74) is 5.08. The van der Waals surface area contributed by atoms with Crippen molar-refractivity contribution in [3.05, 3.63) is 0 Å². The lowest BCUT2D eigenvalue weighted by Gasteiger charge is -2.18. The van der Waals surface area contributed by atoms with Crippen molar-refractivity contribution in [3.8, 4) is 0 Å². The van der Waals surface area contributed by atoms with E-state index in [4.69, 9.17) is 5.73 Å². The maximum atomic E-state index is 12.7. The Bertz CT molecular complexity index is 163. The third-order valence-corrected chi connectivity index (χ3v) is 2.09. The van der Waals surface area contributed by atoms with Gasteiger partial charge in [-0.25, -0.2) is 4.39 Å². The van der Waals surface area contributed by atoms with E-state index in [9.17, 15) is 9.18 Å². The molecule has 0 saturated carbocycles. The summed E-state index contributed by atoms with van der Waals surface area (Å²) in [5, 5.41) is 0. The first-order chi connectivity index (χ1) is 5.15. The highest BCUT2D eigenvalue weighted by Crippen LogP contribution is 2.19. The van der Waals surface area contributed by atoms with Gasteiger partial charge in [0, 0.05) is 13.0 Å². The maximum absolute atomic E-state index is 12.7. The number of carbonyl (C=O) groups excluding carboxylic acids is 1. The lowest BCUT2D eigenvalue weighted by molar-refractivity contribution is -0.122. The Morgan fingerprint density at radius 1 is 1.82 bits per heavy atom. The van der Waals surface area contributed by atoms with Gasteiger partial charge in [-0.15, -0.1) is 0 Å². The van der Waals surface area contributed by atoms with E-state index in [1.807, 2.05) is 6.92 Å². The Labute approximate surface area is 65.3 Å². The minimum atomic E-state index is -0.882. The molecule has 0 aliphatic carbocycles. The van der Waals surface area contributed by atoms with Crippen LogP contribution in [0.15, 0.2) is 0 Å². The SMILES string of the molecule is CCN1C[C@H](F)C[C@H]1C(N)=O. The topological polar surface area (TPSA) is 46.3 Å². The fourth-order valence-corrected chi connectivity index (χ4v) is 1.49. The molecule has 0 aromatic rings. The molecule has 0 aromatic carbocycles. The quantitative estimate of drug-likeness (QED) is 0.613. The summed E-state index contributed by atoms with van der Waals surface area (Å²) in [6, 6.07) is -0.380. The van der Waals surface area contributed by atoms with E-state index in [2.05, 4.69) is 0 Å². The minimum Gasteiger partial charge on any atom is -0.368 e. The Hall–Kier alpha value is -0.640. The molecule has 1 amide bonds. The lowest BCUT2D eigenvalue weighted by Crippen LogP contribution is -2.39. The van der Waals surface area contributed by atoms with Crippen LogP contribution < -0.4 is 5.73 Å². The standard InChI is InChI=1S/C7H13FN2O/c1-2-10-4-5(8)3-6(10)7(9)11/h5-6H,2-4H2,1H3,(H2,9,11)/t5-,6+/m1/s1. The first-order valence-corrected chi connectivity index (χ1v) is 3.82. The summed E-state index contributed by atoms with van der Waals surface area (Å²) in [4.78, 5) is 12.5. The molecule has 0 spiro atoms. The summed E-state index contributed by atoms with van der Waals surface area (Å²) in [7, 11) is 0. The molecular formula is C7H13FN2O. The van der Waals surface area contributed by atoms with Crippen LogP contribution in [-0.4, -0.2) is 36.1 Å². The van der Waals surface area contributed by atoms with Gasteiger partial charge in [-0.3, -0.25) is 9.69 Å². The smallest absolute Gasteiger partial charge is 0.234 e. The zero-order valence-electron chi connectivity index (χ0n) is 6.59. The van der Waals surface area contributed by atoms with Gasteiger partial charge < -0.3 is 5.73 Å². The van der Waals surface area contributed by atoms with Crippen LogP contribution in [-0.2, 0) is 4.79 Å². The van der Waals surface area contributed by atoms with Crippen LogP contribution in [0, 0.1) is 0 Å². The van der Waals surface area contributed by atoms with Crippen LogP contribution in [0.2, 0.25) is 0 Å². The number of likely N-dealkylation sites (tertiary alicyclic amines) is 1. The number of amides is 1. The van der Waals surface area contributed by atoms with E-state index >= 15 is 0 Å². The van der Waals surface area contributed by atoms with Gasteiger partial charge in [0.15, 0.2) is 0 Å². The lowest BCUT2D eigenvalue weighted by atomic mass is 10.2. The number of hydrogen-bond donors (Lipinski definition) is 1. The highest BCUT2D eigenvalue weighted by atomic mass is 19.1. The summed E-state index contributed by atoms with van der Waals surface area (Å²) < 4.78 is 12.7. The van der Waals surface area contributed by atoms with E-state index in [0.717, 1.165) is 0 Å². The van der Waals surface area contributed by atoms with E-state index in [1.54, 1.807) is 4.90 Å². The van der Waals surface area contributed by atoms with Crippen LogP contribution in [0.5, 0.6) is 0 Å². The monoisotopic (exact) mass is 160 g/mol. The average molecular weight is 160 g/mol. The highest BCUT2D eigenvalue weighted by Gasteiger charge is 2.34. The molecular weight excluding hydrogens is 147 g/mol. The molecule has 0 radical (unpaired) electrons. The van der Waals surface area contributed by atoms with Crippen LogP contribution in [0.4, 0.5) is 4.39 Å². The molecule has 2 atom stereocenters. The number of primary amides is 1. The van der Waals surface area contributed by atoms with Gasteiger partial charge in [-0.1, -0.05) is 6.92 Å². The Morgan fingerprint density at radius 2 is 2.45 bits per heavy atom. The van der Waals surface area contributed by atoms with E-state index in [-0.39, 0.29) is 12.5 Å². The second-order valence-electron chi connectivity index (χ2n) is 2.84. The Kier molecular flexibility index (Phi) is 2.44. The van der Waals surface area contributed by atoms with Gasteiger partial charge in [0.2, 0.25) is 5.91 Å². The largest absolute Gasteiger partial charge is 0.368 e. The summed E-state index contributed by atoms with van der Waals surface area (Å²) in [6.07, 6.45) is -0.615. The number of carbonyl (C=O) groups is 1. The van der Waals surface area contributed by atoms with Crippen LogP contribution >= 0.6 is 0 Å². The molecule has 11 heavy (non-hydrogen) atoms. The van der Waals surface area contributed by atoms with Crippen molar-refractivity contribution in [2.75, 3.05) is 13.1 Å². The highest BCUT2D eigenvalue weighted by molar-refractivity contribution is 5.80. The molecule has 0 aromatic heterocycles. The molecule has 2 N–H and O–H groups in total. The van der Waals surface area contributed by atoms with Gasteiger partial charge in [0.05, 0.1) is 6.04 Å². The van der Waals surface area contributed by atoms with Crippen molar-refractivity contribution < 1.29 is 9.18 Å². The molecule has 4 heteroatoms. The normalized spacial score (nSPS) is 32.5. The Balaban J connectivity index is 2.57. The molecule has 1 aliphatic rings. The first kappa shape index (κ1) is 8.46. The summed E-state index contributed by atoms with van der Waals surface area (Å²) in [5.74, 6) is -0.410. The number of rotatable bonds is 2. The first-order valence-electron chi connectivity index (χ1n) is 3.82. The fraction of sp³-hybridized carbons (Fsp3) is 0.857.